The van der Waals surface area contributed by atoms with Crippen molar-refractivity contribution in [1.82, 2.24) is 9.80 Å². The summed E-state index contributed by atoms with van der Waals surface area (Å²) in [5.74, 6) is 2.02. The fraction of sp³-hybridized carbons (Fsp3) is 0.700. The minimum Gasteiger partial charge on any atom is -0.496 e. The van der Waals surface area contributed by atoms with Crippen molar-refractivity contribution in [3.05, 3.63) is 23.3 Å². The molecule has 0 unspecified atom stereocenters. The van der Waals surface area contributed by atoms with E-state index in [2.05, 4.69) is 21.9 Å². The predicted octanol–water partition coefficient (Wildman–Crippen LogP) is 3.68. The molecule has 1 aromatic rings. The van der Waals surface area contributed by atoms with Gasteiger partial charge in [0, 0.05) is 24.2 Å². The molecule has 2 fully saturated rings. The highest BCUT2D eigenvalue weighted by molar-refractivity contribution is 5.46. The fourth-order valence-corrected chi connectivity index (χ4v) is 3.99. The number of methoxy groups -OCH3 is 2. The maximum atomic E-state index is 5.72. The van der Waals surface area contributed by atoms with Crippen LogP contribution in [0.25, 0.3) is 0 Å². The highest BCUT2D eigenvalue weighted by Gasteiger charge is 2.18. The van der Waals surface area contributed by atoms with Crippen LogP contribution in [-0.2, 0) is 13.1 Å². The van der Waals surface area contributed by atoms with Crippen LogP contribution < -0.4 is 9.47 Å². The van der Waals surface area contributed by atoms with E-state index in [1.165, 1.54) is 75.8 Å². The van der Waals surface area contributed by atoms with Gasteiger partial charge in [0.25, 0.3) is 0 Å². The molecule has 2 aliphatic rings. The largest absolute Gasteiger partial charge is 0.496 e. The van der Waals surface area contributed by atoms with E-state index in [1.807, 2.05) is 0 Å². The summed E-state index contributed by atoms with van der Waals surface area (Å²) < 4.78 is 11.4. The standard InChI is InChI=1S/C20H32N2O2/c1-23-19-13-18(16-22-11-7-4-8-12-22)20(24-2)14-17(19)15-21-9-5-3-6-10-21/h13-14H,3-12,15-16H2,1-2H3. The Bertz CT molecular complexity index is 473. The van der Waals surface area contributed by atoms with Crippen LogP contribution in [0.15, 0.2) is 12.1 Å². The number of ether oxygens (including phenoxy) is 2. The second-order valence-corrected chi connectivity index (χ2v) is 7.15. The molecular formula is C20H32N2O2. The minimum atomic E-state index is 0.962. The molecule has 2 saturated heterocycles. The lowest BCUT2D eigenvalue weighted by Gasteiger charge is -2.29. The van der Waals surface area contributed by atoms with E-state index >= 15 is 0 Å². The first-order chi connectivity index (χ1) is 11.8. The van der Waals surface area contributed by atoms with Gasteiger partial charge in [-0.25, -0.2) is 0 Å². The highest BCUT2D eigenvalue weighted by atomic mass is 16.5. The van der Waals surface area contributed by atoms with Gasteiger partial charge in [0.2, 0.25) is 0 Å². The van der Waals surface area contributed by atoms with Crippen molar-refractivity contribution in [1.29, 1.82) is 0 Å². The van der Waals surface area contributed by atoms with Crippen LogP contribution in [0.5, 0.6) is 11.5 Å². The zero-order valence-electron chi connectivity index (χ0n) is 15.4. The maximum Gasteiger partial charge on any atom is 0.123 e. The topological polar surface area (TPSA) is 24.9 Å². The second-order valence-electron chi connectivity index (χ2n) is 7.15. The summed E-state index contributed by atoms with van der Waals surface area (Å²) in [4.78, 5) is 5.07. The average Bonchev–Trinajstić information content (AvgIpc) is 2.64. The number of likely N-dealkylation sites (tertiary alicyclic amines) is 2. The van der Waals surface area contributed by atoms with E-state index < -0.39 is 0 Å². The molecule has 0 aromatic heterocycles. The molecule has 2 heterocycles. The molecule has 0 bridgehead atoms. The lowest BCUT2D eigenvalue weighted by atomic mass is 10.0. The van der Waals surface area contributed by atoms with E-state index in [9.17, 15) is 0 Å². The van der Waals surface area contributed by atoms with E-state index in [1.54, 1.807) is 14.2 Å². The first-order valence-electron chi connectivity index (χ1n) is 9.48. The molecule has 0 amide bonds. The molecule has 0 atom stereocenters. The van der Waals surface area contributed by atoms with E-state index in [0.717, 1.165) is 24.6 Å². The van der Waals surface area contributed by atoms with Crippen molar-refractivity contribution < 1.29 is 9.47 Å². The van der Waals surface area contributed by atoms with Crippen molar-refractivity contribution in [3.63, 3.8) is 0 Å². The average molecular weight is 332 g/mol. The van der Waals surface area contributed by atoms with Crippen LogP contribution in [0.2, 0.25) is 0 Å². The quantitative estimate of drug-likeness (QED) is 0.793. The van der Waals surface area contributed by atoms with Gasteiger partial charge in [-0.2, -0.15) is 0 Å². The first kappa shape index (κ1) is 17.6. The van der Waals surface area contributed by atoms with Crippen LogP contribution in [0, 0.1) is 0 Å². The Labute approximate surface area is 146 Å². The van der Waals surface area contributed by atoms with E-state index in [-0.39, 0.29) is 0 Å². The van der Waals surface area contributed by atoms with Crippen LogP contribution in [0.1, 0.15) is 49.7 Å². The number of hydrogen-bond donors (Lipinski definition) is 0. The molecule has 4 nitrogen and oxygen atoms in total. The molecule has 0 aliphatic carbocycles. The molecule has 3 rings (SSSR count). The molecule has 134 valence electrons. The zero-order valence-corrected chi connectivity index (χ0v) is 15.4. The molecule has 2 aliphatic heterocycles. The van der Waals surface area contributed by atoms with Crippen molar-refractivity contribution in [2.75, 3.05) is 40.4 Å². The summed E-state index contributed by atoms with van der Waals surface area (Å²) in [6.45, 7) is 6.71. The molecule has 0 radical (unpaired) electrons. The van der Waals surface area contributed by atoms with Crippen LogP contribution >= 0.6 is 0 Å². The highest BCUT2D eigenvalue weighted by Crippen LogP contribution is 2.31. The molecule has 4 heteroatoms. The summed E-state index contributed by atoms with van der Waals surface area (Å²) in [6, 6.07) is 4.40. The first-order valence-corrected chi connectivity index (χ1v) is 9.48. The molecule has 0 saturated carbocycles. The summed E-state index contributed by atoms with van der Waals surface area (Å²) in [6.07, 6.45) is 7.98. The third-order valence-corrected chi connectivity index (χ3v) is 5.37. The summed E-state index contributed by atoms with van der Waals surface area (Å²) in [5, 5.41) is 0. The molecule has 0 N–H and O–H groups in total. The van der Waals surface area contributed by atoms with Gasteiger partial charge < -0.3 is 9.47 Å². The maximum absolute atomic E-state index is 5.72. The van der Waals surface area contributed by atoms with Gasteiger partial charge in [0.15, 0.2) is 0 Å². The Balaban J connectivity index is 1.76. The Morgan fingerprint density at radius 1 is 0.667 bits per heavy atom. The van der Waals surface area contributed by atoms with Gasteiger partial charge >= 0.3 is 0 Å². The third kappa shape index (κ3) is 4.42. The van der Waals surface area contributed by atoms with Gasteiger partial charge in [-0.15, -0.1) is 0 Å². The summed E-state index contributed by atoms with van der Waals surface area (Å²) in [7, 11) is 3.57. The van der Waals surface area contributed by atoms with Gasteiger partial charge in [-0.05, 0) is 64.0 Å². The SMILES string of the molecule is COc1cc(CN2CCCCC2)c(OC)cc1CN1CCCCC1. The number of piperidine rings is 2. The van der Waals surface area contributed by atoms with Gasteiger partial charge in [-0.3, -0.25) is 9.80 Å². The Hall–Kier alpha value is -1.26. The predicted molar refractivity (Wildman–Crippen MR) is 97.8 cm³/mol. The third-order valence-electron chi connectivity index (χ3n) is 5.37. The van der Waals surface area contributed by atoms with Crippen molar-refractivity contribution >= 4 is 0 Å². The lowest BCUT2D eigenvalue weighted by molar-refractivity contribution is 0.214. The van der Waals surface area contributed by atoms with Gasteiger partial charge in [0.1, 0.15) is 11.5 Å². The summed E-state index contributed by atoms with van der Waals surface area (Å²) >= 11 is 0. The number of rotatable bonds is 6. The van der Waals surface area contributed by atoms with Crippen molar-refractivity contribution in [2.24, 2.45) is 0 Å². The Morgan fingerprint density at radius 2 is 1.04 bits per heavy atom. The molecule has 1 aromatic carbocycles. The zero-order chi connectivity index (χ0) is 16.8. The normalized spacial score (nSPS) is 20.1. The lowest BCUT2D eigenvalue weighted by Crippen LogP contribution is -2.30. The summed E-state index contributed by atoms with van der Waals surface area (Å²) in [5.41, 5.74) is 2.50. The van der Waals surface area contributed by atoms with Crippen molar-refractivity contribution in [2.45, 2.75) is 51.6 Å². The van der Waals surface area contributed by atoms with Crippen LogP contribution in [0.3, 0.4) is 0 Å². The fourth-order valence-electron chi connectivity index (χ4n) is 3.99. The van der Waals surface area contributed by atoms with Gasteiger partial charge in [-0.1, -0.05) is 12.8 Å². The smallest absolute Gasteiger partial charge is 0.123 e. The molecular weight excluding hydrogens is 300 g/mol. The van der Waals surface area contributed by atoms with Gasteiger partial charge in [0.05, 0.1) is 14.2 Å². The van der Waals surface area contributed by atoms with Crippen LogP contribution in [0.4, 0.5) is 0 Å². The Morgan fingerprint density at radius 3 is 1.38 bits per heavy atom. The van der Waals surface area contributed by atoms with Crippen LogP contribution in [-0.4, -0.2) is 50.2 Å². The monoisotopic (exact) mass is 332 g/mol. The molecule has 0 spiro atoms. The molecule has 24 heavy (non-hydrogen) atoms. The Kier molecular flexibility index (Phi) is 6.38. The number of nitrogens with zero attached hydrogens (tertiary/aromatic N) is 2. The number of benzene rings is 1. The van der Waals surface area contributed by atoms with Crippen molar-refractivity contribution in [3.8, 4) is 11.5 Å². The van der Waals surface area contributed by atoms with E-state index in [0.29, 0.717) is 0 Å². The number of hydrogen-bond acceptors (Lipinski definition) is 4. The van der Waals surface area contributed by atoms with E-state index in [4.69, 9.17) is 9.47 Å². The minimum absolute atomic E-state index is 0.962. The second kappa shape index (κ2) is 8.72.